The minimum absolute atomic E-state index is 0.0199. The van der Waals surface area contributed by atoms with E-state index in [0.29, 0.717) is 37.9 Å². The number of amides is 3. The summed E-state index contributed by atoms with van der Waals surface area (Å²) in [7, 11) is 0. The Morgan fingerprint density at radius 2 is 1.36 bits per heavy atom. The Balaban J connectivity index is 1.30. The molecule has 2 aliphatic carbocycles. The van der Waals surface area contributed by atoms with Crippen LogP contribution >= 0.6 is 0 Å². The number of carbonyl (C=O) groups is 8. The molecule has 1 aliphatic heterocycles. The quantitative estimate of drug-likeness (QED) is 0.0688. The van der Waals surface area contributed by atoms with Gasteiger partial charge in [0.05, 0.1) is 30.7 Å². The van der Waals surface area contributed by atoms with Crippen molar-refractivity contribution in [3.05, 3.63) is 66.2 Å². The summed E-state index contributed by atoms with van der Waals surface area (Å²) in [4.78, 5) is 112. The van der Waals surface area contributed by atoms with Gasteiger partial charge in [-0.2, -0.15) is 0 Å². The molecule has 3 fully saturated rings. The van der Waals surface area contributed by atoms with Gasteiger partial charge in [0.25, 0.3) is 0 Å². The highest BCUT2D eigenvalue weighted by Crippen LogP contribution is 2.38. The van der Waals surface area contributed by atoms with Crippen LogP contribution in [0.3, 0.4) is 0 Å². The smallest absolute Gasteiger partial charge is 0.227 e. The predicted octanol–water partition coefficient (Wildman–Crippen LogP) is 9.19. The van der Waals surface area contributed by atoms with E-state index < -0.39 is 65.7 Å². The van der Waals surface area contributed by atoms with Crippen LogP contribution in [0.5, 0.6) is 5.75 Å². The highest BCUT2D eigenvalue weighted by atomic mass is 16.5. The maximum absolute atomic E-state index is 15.2. The Hall–Kier alpha value is -5.04. The molecule has 70 heavy (non-hydrogen) atoms. The summed E-state index contributed by atoms with van der Waals surface area (Å²) in [6.45, 7) is 6.26. The average molecular weight is 968 g/mol. The molecule has 2 aromatic rings. The molecular weight excluding hydrogens is 887 g/mol. The third kappa shape index (κ3) is 17.1. The van der Waals surface area contributed by atoms with E-state index in [-0.39, 0.29) is 92.9 Å². The zero-order valence-corrected chi connectivity index (χ0v) is 42.3. The van der Waals surface area contributed by atoms with Crippen LogP contribution in [0.2, 0.25) is 0 Å². The molecule has 384 valence electrons. The van der Waals surface area contributed by atoms with E-state index in [9.17, 15) is 33.6 Å². The Bertz CT molecular complexity index is 2020. The first kappa shape index (κ1) is 55.9. The zero-order valence-electron chi connectivity index (χ0n) is 42.3. The van der Waals surface area contributed by atoms with Gasteiger partial charge in [-0.1, -0.05) is 127 Å². The molecule has 4 unspecified atom stereocenters. The van der Waals surface area contributed by atoms with Crippen molar-refractivity contribution >= 4 is 46.6 Å². The van der Waals surface area contributed by atoms with Crippen molar-refractivity contribution in [2.75, 3.05) is 6.54 Å². The number of carbonyl (C=O) groups excluding carboxylic acids is 8. The largest absolute Gasteiger partial charge is 0.490 e. The third-order valence-corrected chi connectivity index (χ3v) is 15.0. The van der Waals surface area contributed by atoms with Crippen LogP contribution in [-0.2, 0) is 49.7 Å². The second-order valence-electron chi connectivity index (χ2n) is 20.3. The van der Waals surface area contributed by atoms with Crippen molar-refractivity contribution in [3.63, 3.8) is 0 Å². The van der Waals surface area contributed by atoms with E-state index in [1.807, 2.05) is 81.4 Å². The normalized spacial score (nSPS) is 21.2. The number of ether oxygens (including phenoxy) is 2. The van der Waals surface area contributed by atoms with Gasteiger partial charge in [-0.25, -0.2) is 0 Å². The molecule has 1 heterocycles. The van der Waals surface area contributed by atoms with Crippen LogP contribution in [0.25, 0.3) is 0 Å². The lowest BCUT2D eigenvalue weighted by Crippen LogP contribution is -2.47. The molecule has 13 nitrogen and oxygen atoms in total. The molecule has 2 aromatic carbocycles. The SMILES string of the molecule is CCCCC(CC(=O)C(CCCC)NC(=O)CCC(=O)C(=O)C(CCC)CC(=O)[C@@H]1C[C@@H](OCc2ccccc2)CN1C(=O)C(CC(=O)[C@H]1CCCC[C@@H]1Oc1ccccc1)C1CCCCC1)C(N)=O. The summed E-state index contributed by atoms with van der Waals surface area (Å²) >= 11 is 0. The van der Waals surface area contributed by atoms with E-state index >= 15 is 4.79 Å². The minimum Gasteiger partial charge on any atom is -0.490 e. The van der Waals surface area contributed by atoms with Crippen LogP contribution in [0, 0.1) is 29.6 Å². The Morgan fingerprint density at radius 1 is 0.700 bits per heavy atom. The van der Waals surface area contributed by atoms with Crippen molar-refractivity contribution in [3.8, 4) is 5.75 Å². The molecule has 0 bridgehead atoms. The second-order valence-corrected chi connectivity index (χ2v) is 20.3. The van der Waals surface area contributed by atoms with E-state index in [1.54, 1.807) is 4.90 Å². The van der Waals surface area contributed by atoms with Gasteiger partial charge in [0.15, 0.2) is 17.3 Å². The van der Waals surface area contributed by atoms with E-state index in [0.717, 1.165) is 76.2 Å². The van der Waals surface area contributed by atoms with Crippen molar-refractivity contribution in [1.29, 1.82) is 0 Å². The van der Waals surface area contributed by atoms with Crippen LogP contribution in [0.4, 0.5) is 0 Å². The average Bonchev–Trinajstić information content (AvgIpc) is 3.81. The van der Waals surface area contributed by atoms with Crippen molar-refractivity contribution in [2.45, 2.75) is 199 Å². The molecule has 8 atom stereocenters. The fourth-order valence-electron chi connectivity index (χ4n) is 10.9. The molecule has 5 rings (SSSR count). The minimum atomic E-state index is -0.953. The number of Topliss-reactive ketones (excluding diaryl/α,β-unsaturated/α-hetero) is 5. The summed E-state index contributed by atoms with van der Waals surface area (Å²) in [5.74, 6) is -5.32. The first-order valence-corrected chi connectivity index (χ1v) is 26.7. The molecule has 3 N–H and O–H groups in total. The zero-order chi connectivity index (χ0) is 50.4. The maximum atomic E-state index is 15.2. The number of nitrogens with zero attached hydrogens (tertiary/aromatic N) is 1. The molecule has 3 aliphatic rings. The van der Waals surface area contributed by atoms with Crippen molar-refractivity contribution in [2.24, 2.45) is 35.3 Å². The summed E-state index contributed by atoms with van der Waals surface area (Å²) < 4.78 is 12.8. The van der Waals surface area contributed by atoms with E-state index in [4.69, 9.17) is 15.2 Å². The lowest BCUT2D eigenvalue weighted by molar-refractivity contribution is -0.146. The Morgan fingerprint density at radius 3 is 2.03 bits per heavy atom. The summed E-state index contributed by atoms with van der Waals surface area (Å²) in [5, 5.41) is 2.75. The number of nitrogens with one attached hydrogen (secondary N) is 1. The monoisotopic (exact) mass is 968 g/mol. The van der Waals surface area contributed by atoms with Crippen LogP contribution in [0.15, 0.2) is 60.7 Å². The number of nitrogens with two attached hydrogens (primary N) is 1. The summed E-state index contributed by atoms with van der Waals surface area (Å²) in [5.41, 5.74) is 6.55. The first-order valence-electron chi connectivity index (χ1n) is 26.7. The predicted molar refractivity (Wildman–Crippen MR) is 268 cm³/mol. The number of likely N-dealkylation sites (tertiary alicyclic amines) is 1. The number of ketones is 5. The molecule has 0 radical (unpaired) electrons. The van der Waals surface area contributed by atoms with Crippen molar-refractivity contribution < 1.29 is 47.8 Å². The standard InChI is InChI=1S/C57H81N3O10/c1-4-7-23-42(56(58)67)34-51(63)47(29-8-5-2)59-54(65)32-31-49(61)55(66)41(20-6-3)33-52(64)48-35-44(69-38-39-21-12-9-13-22-39)37-60(48)57(68)46(40-24-14-10-15-25-40)36-50(62)45-28-18-19-30-53(45)70-43-26-16-11-17-27-43/h9,11-13,16-17,21-22,26-27,40-42,44-48,53H,4-8,10,14-15,18-20,23-25,28-38H2,1-3H3,(H2,58,67)(H,59,65)/t41?,42?,44-,45-,46?,47?,48+,53+/m1/s1. The maximum Gasteiger partial charge on any atom is 0.227 e. The molecule has 2 saturated carbocycles. The van der Waals surface area contributed by atoms with Gasteiger partial charge in [0.1, 0.15) is 17.6 Å². The van der Waals surface area contributed by atoms with Crippen LogP contribution in [0.1, 0.15) is 174 Å². The van der Waals surface area contributed by atoms with Crippen LogP contribution < -0.4 is 15.8 Å². The van der Waals surface area contributed by atoms with E-state index in [2.05, 4.69) is 5.32 Å². The number of rotatable bonds is 31. The lowest BCUT2D eigenvalue weighted by Gasteiger charge is -2.36. The van der Waals surface area contributed by atoms with Gasteiger partial charge >= 0.3 is 0 Å². The van der Waals surface area contributed by atoms with Crippen molar-refractivity contribution in [1.82, 2.24) is 10.2 Å². The number of primary amides is 1. The first-order chi connectivity index (χ1) is 33.8. The van der Waals surface area contributed by atoms with Gasteiger partial charge < -0.3 is 25.4 Å². The molecule has 0 aromatic heterocycles. The van der Waals surface area contributed by atoms with E-state index in [1.165, 1.54) is 0 Å². The van der Waals surface area contributed by atoms with Gasteiger partial charge in [-0.05, 0) is 75.0 Å². The fourth-order valence-corrected chi connectivity index (χ4v) is 10.9. The molecule has 0 spiro atoms. The molecule has 1 saturated heterocycles. The van der Waals surface area contributed by atoms with Gasteiger partial charge in [0, 0.05) is 62.8 Å². The second kappa shape index (κ2) is 29.3. The van der Waals surface area contributed by atoms with Gasteiger partial charge in [-0.3, -0.25) is 38.4 Å². The number of para-hydroxylation sites is 1. The topological polar surface area (TPSA) is 196 Å². The highest BCUT2D eigenvalue weighted by Gasteiger charge is 2.46. The number of hydrogen-bond donors (Lipinski definition) is 2. The summed E-state index contributed by atoms with van der Waals surface area (Å²) in [6, 6.07) is 17.4. The molecule has 13 heteroatoms. The summed E-state index contributed by atoms with van der Waals surface area (Å²) in [6.07, 6.45) is 11.0. The Kier molecular flexibility index (Phi) is 23.4. The third-order valence-electron chi connectivity index (χ3n) is 15.0. The number of hydrogen-bond acceptors (Lipinski definition) is 10. The molecule has 3 amide bonds. The fraction of sp³-hybridized carbons (Fsp3) is 0.649. The highest BCUT2D eigenvalue weighted by molar-refractivity contribution is 6.38. The number of unbranched alkanes of at least 4 members (excludes halogenated alkanes) is 2. The van der Waals surface area contributed by atoms with Crippen LogP contribution in [-0.4, -0.2) is 82.4 Å². The van der Waals surface area contributed by atoms with Gasteiger partial charge in [-0.15, -0.1) is 0 Å². The Labute approximate surface area is 416 Å². The molecular formula is C57H81N3O10. The lowest BCUT2D eigenvalue weighted by atomic mass is 9.74. The number of benzene rings is 2. The van der Waals surface area contributed by atoms with Gasteiger partial charge in [0.2, 0.25) is 23.5 Å².